The van der Waals surface area contributed by atoms with Crippen molar-refractivity contribution in [2.24, 2.45) is 9.98 Å². The summed E-state index contributed by atoms with van der Waals surface area (Å²) in [6.45, 7) is 19.3. The van der Waals surface area contributed by atoms with Crippen LogP contribution in [-0.2, 0) is 16.2 Å². The van der Waals surface area contributed by atoms with Crippen molar-refractivity contribution in [3.63, 3.8) is 0 Å². The average molecular weight is 491 g/mol. The Morgan fingerprint density at radius 3 is 1.67 bits per heavy atom. The molecule has 0 unspecified atom stereocenters. The molecule has 1 aliphatic carbocycles. The van der Waals surface area contributed by atoms with Gasteiger partial charge in [-0.3, -0.25) is 9.98 Å². The lowest BCUT2D eigenvalue weighted by Gasteiger charge is -2.28. The first-order valence-corrected chi connectivity index (χ1v) is 13.4. The number of nitrogens with zero attached hydrogens (tertiary/aromatic N) is 2. The van der Waals surface area contributed by atoms with E-state index in [9.17, 15) is 10.2 Å². The summed E-state index contributed by atoms with van der Waals surface area (Å²) in [4.78, 5) is 9.88. The molecule has 0 amide bonds. The van der Waals surface area contributed by atoms with E-state index in [1.54, 1.807) is 0 Å². The third kappa shape index (κ3) is 6.57. The number of rotatable bonds is 4. The van der Waals surface area contributed by atoms with Crippen molar-refractivity contribution in [2.75, 3.05) is 0 Å². The molecule has 3 rings (SSSR count). The summed E-state index contributed by atoms with van der Waals surface area (Å²) in [6, 6.07) is 10.2. The fraction of sp³-hybridized carbons (Fsp3) is 0.562. The van der Waals surface area contributed by atoms with Gasteiger partial charge in [-0.25, -0.2) is 0 Å². The van der Waals surface area contributed by atoms with Crippen LogP contribution >= 0.6 is 0 Å². The van der Waals surface area contributed by atoms with E-state index < -0.39 is 0 Å². The van der Waals surface area contributed by atoms with Gasteiger partial charge in [0.05, 0.1) is 12.1 Å². The molecule has 0 radical (unpaired) electrons. The van der Waals surface area contributed by atoms with Gasteiger partial charge in [0.1, 0.15) is 11.5 Å². The largest absolute Gasteiger partial charge is 0.507 e. The van der Waals surface area contributed by atoms with Crippen LogP contribution in [0.5, 0.6) is 11.5 Å². The number of hydrogen-bond acceptors (Lipinski definition) is 4. The van der Waals surface area contributed by atoms with Crippen molar-refractivity contribution in [3.05, 3.63) is 58.1 Å². The standard InChI is InChI=1S/C32H46N2O2/c1-30(2,3)23-17-22(29(36)25(18-23)32(7,8)9)20-34-27-16-11-10-15-26(27)33-19-21-13-12-14-24(28(21)35)31(4,5)6/h12-14,17-20,26-27,35-36H,10-11,15-16H2,1-9H3/t26-,27-/m0/s1. The van der Waals surface area contributed by atoms with Gasteiger partial charge in [0, 0.05) is 29.1 Å². The monoisotopic (exact) mass is 490 g/mol. The molecule has 4 nitrogen and oxygen atoms in total. The lowest BCUT2D eigenvalue weighted by Crippen LogP contribution is -2.27. The highest BCUT2D eigenvalue weighted by Gasteiger charge is 2.26. The number of benzene rings is 2. The molecule has 0 spiro atoms. The minimum atomic E-state index is -0.171. The van der Waals surface area contributed by atoms with Crippen molar-refractivity contribution in [1.82, 2.24) is 0 Å². The highest BCUT2D eigenvalue weighted by molar-refractivity contribution is 5.86. The Hall–Kier alpha value is -2.62. The van der Waals surface area contributed by atoms with E-state index >= 15 is 0 Å². The van der Waals surface area contributed by atoms with Crippen LogP contribution in [-0.4, -0.2) is 34.7 Å². The van der Waals surface area contributed by atoms with Gasteiger partial charge in [-0.15, -0.1) is 0 Å². The Morgan fingerprint density at radius 2 is 1.17 bits per heavy atom. The molecule has 0 heterocycles. The number of aromatic hydroxyl groups is 2. The number of phenols is 2. The summed E-state index contributed by atoms with van der Waals surface area (Å²) < 4.78 is 0. The van der Waals surface area contributed by atoms with E-state index in [-0.39, 0.29) is 28.3 Å². The van der Waals surface area contributed by atoms with Crippen LogP contribution in [0.3, 0.4) is 0 Å². The average Bonchev–Trinajstić information content (AvgIpc) is 2.76. The zero-order valence-corrected chi connectivity index (χ0v) is 23.8. The first-order chi connectivity index (χ1) is 16.6. The van der Waals surface area contributed by atoms with E-state index in [1.807, 2.05) is 30.6 Å². The van der Waals surface area contributed by atoms with Crippen LogP contribution in [0.25, 0.3) is 0 Å². The Kier molecular flexibility index (Phi) is 8.07. The van der Waals surface area contributed by atoms with Crippen LogP contribution in [0.2, 0.25) is 0 Å². The smallest absolute Gasteiger partial charge is 0.128 e. The van der Waals surface area contributed by atoms with Gasteiger partial charge in [-0.2, -0.15) is 0 Å². The number of phenolic OH excluding ortho intramolecular Hbond substituents is 2. The van der Waals surface area contributed by atoms with Crippen LogP contribution < -0.4 is 0 Å². The van der Waals surface area contributed by atoms with Crippen LogP contribution in [0.15, 0.2) is 40.3 Å². The van der Waals surface area contributed by atoms with Gasteiger partial charge < -0.3 is 10.2 Å². The van der Waals surface area contributed by atoms with Gasteiger partial charge in [0.2, 0.25) is 0 Å². The fourth-order valence-corrected chi connectivity index (χ4v) is 4.82. The summed E-state index contributed by atoms with van der Waals surface area (Å²) in [5.41, 5.74) is 4.25. The molecule has 36 heavy (non-hydrogen) atoms. The van der Waals surface area contributed by atoms with Crippen molar-refractivity contribution in [2.45, 2.75) is 116 Å². The quantitative estimate of drug-likeness (QED) is 0.429. The molecular weight excluding hydrogens is 444 g/mol. The molecule has 2 atom stereocenters. The van der Waals surface area contributed by atoms with Crippen molar-refractivity contribution >= 4 is 12.4 Å². The molecule has 0 aromatic heterocycles. The molecule has 2 aromatic rings. The van der Waals surface area contributed by atoms with Gasteiger partial charge in [0.25, 0.3) is 0 Å². The van der Waals surface area contributed by atoms with Gasteiger partial charge >= 0.3 is 0 Å². The molecule has 1 aliphatic rings. The zero-order valence-electron chi connectivity index (χ0n) is 23.8. The lowest BCUT2D eigenvalue weighted by atomic mass is 9.79. The van der Waals surface area contributed by atoms with E-state index in [4.69, 9.17) is 9.98 Å². The Balaban J connectivity index is 1.92. The highest BCUT2D eigenvalue weighted by atomic mass is 16.3. The minimum Gasteiger partial charge on any atom is -0.507 e. The van der Waals surface area contributed by atoms with Crippen LogP contribution in [0, 0.1) is 0 Å². The predicted molar refractivity (Wildman–Crippen MR) is 154 cm³/mol. The molecule has 196 valence electrons. The summed E-state index contributed by atoms with van der Waals surface area (Å²) in [6.07, 6.45) is 7.87. The van der Waals surface area contributed by atoms with Crippen LogP contribution in [0.1, 0.15) is 116 Å². The van der Waals surface area contributed by atoms with Gasteiger partial charge in [0.15, 0.2) is 0 Å². The maximum Gasteiger partial charge on any atom is 0.128 e. The molecule has 2 N–H and O–H groups in total. The Bertz CT molecular complexity index is 1120. The van der Waals surface area contributed by atoms with Gasteiger partial charge in [-0.1, -0.05) is 93.4 Å². The second kappa shape index (κ2) is 10.4. The van der Waals surface area contributed by atoms with Crippen LogP contribution in [0.4, 0.5) is 0 Å². The minimum absolute atomic E-state index is 0.0302. The lowest BCUT2D eigenvalue weighted by molar-refractivity contribution is 0.390. The topological polar surface area (TPSA) is 65.2 Å². The van der Waals surface area contributed by atoms with E-state index in [0.717, 1.165) is 47.9 Å². The molecule has 2 aromatic carbocycles. The third-order valence-electron chi connectivity index (χ3n) is 7.19. The number of para-hydroxylation sites is 1. The number of hydrogen-bond donors (Lipinski definition) is 2. The maximum atomic E-state index is 11.1. The summed E-state index contributed by atoms with van der Waals surface area (Å²) in [5.74, 6) is 0.627. The van der Waals surface area contributed by atoms with Crippen molar-refractivity contribution in [3.8, 4) is 11.5 Å². The Morgan fingerprint density at radius 1 is 0.667 bits per heavy atom. The predicted octanol–water partition coefficient (Wildman–Crippen LogP) is 7.84. The second-order valence-electron chi connectivity index (χ2n) is 13.4. The fourth-order valence-electron chi connectivity index (χ4n) is 4.82. The summed E-state index contributed by atoms with van der Waals surface area (Å²) in [7, 11) is 0. The maximum absolute atomic E-state index is 11.1. The zero-order chi connectivity index (χ0) is 26.9. The Labute approximate surface area is 218 Å². The van der Waals surface area contributed by atoms with E-state index in [2.05, 4.69) is 74.4 Å². The molecule has 1 saturated carbocycles. The third-order valence-corrected chi connectivity index (χ3v) is 7.19. The SMILES string of the molecule is CC(C)(C)c1cc(C=N[C@H]2CCCC[C@@H]2N=Cc2cccc(C(C)(C)C)c2O)c(O)c(C(C)(C)C)c1. The first-order valence-electron chi connectivity index (χ1n) is 13.4. The molecule has 4 heteroatoms. The van der Waals surface area contributed by atoms with E-state index in [0.29, 0.717) is 11.5 Å². The van der Waals surface area contributed by atoms with Gasteiger partial charge in [-0.05, 0) is 52.3 Å². The molecular formula is C32H46N2O2. The summed E-state index contributed by atoms with van der Waals surface area (Å²) in [5, 5.41) is 22.0. The summed E-state index contributed by atoms with van der Waals surface area (Å²) >= 11 is 0. The molecule has 0 aliphatic heterocycles. The molecule has 0 bridgehead atoms. The van der Waals surface area contributed by atoms with Crippen molar-refractivity contribution in [1.29, 1.82) is 0 Å². The second-order valence-corrected chi connectivity index (χ2v) is 13.4. The molecule has 0 saturated heterocycles. The number of aliphatic imine (C=N–C) groups is 2. The first kappa shape index (κ1) is 28.0. The normalized spacial score (nSPS) is 19.9. The molecule has 1 fully saturated rings. The highest BCUT2D eigenvalue weighted by Crippen LogP contribution is 2.37. The van der Waals surface area contributed by atoms with E-state index in [1.165, 1.54) is 5.56 Å². The van der Waals surface area contributed by atoms with Crippen molar-refractivity contribution < 1.29 is 10.2 Å².